The van der Waals surface area contributed by atoms with Gasteiger partial charge in [-0.05, 0) is 64.1 Å². The lowest BCUT2D eigenvalue weighted by Crippen LogP contribution is -2.61. The summed E-state index contributed by atoms with van der Waals surface area (Å²) in [5.41, 5.74) is 0.947. The molecule has 0 radical (unpaired) electrons. The molecule has 2 heterocycles. The number of nitrogens with one attached hydrogen (secondary N) is 4. The maximum absolute atomic E-state index is 14.1. The predicted molar refractivity (Wildman–Crippen MR) is 159 cm³/mol. The summed E-state index contributed by atoms with van der Waals surface area (Å²) in [6, 6.07) is -0.644. The molecule has 1 aromatic heterocycles. The Labute approximate surface area is 247 Å². The number of hydrogen-bond donors (Lipinski definition) is 4. The summed E-state index contributed by atoms with van der Waals surface area (Å²) < 4.78 is 0. The van der Waals surface area contributed by atoms with E-state index in [1.165, 1.54) is 24.8 Å². The third-order valence-electron chi connectivity index (χ3n) is 10.1. The number of rotatable bonds is 9. The van der Waals surface area contributed by atoms with Gasteiger partial charge in [0.1, 0.15) is 5.54 Å². The van der Waals surface area contributed by atoms with E-state index in [-0.39, 0.29) is 28.3 Å². The van der Waals surface area contributed by atoms with Crippen LogP contribution in [-0.4, -0.2) is 52.1 Å². The number of thiazole rings is 1. The number of aromatic nitrogens is 1. The van der Waals surface area contributed by atoms with Crippen molar-refractivity contribution >= 4 is 23.3 Å². The standard InChI is InChI=1S/C30H46N6O4S/c1-20-33-26(18-41-20)30(14-6-3-7-15-30)19-32-27(37)29(2,16-21-17-31-25-9-5-4-8-24(21)25)35-28(38)34-22-10-12-23(13-11-22)36(39)40/h17-18,22-25,31H,3-16,19H2,1-2H3,(H,32,37)(H2,34,35,38). The second kappa shape index (κ2) is 12.7. The number of nitrogens with zero attached hydrogens (tertiary/aromatic N) is 2. The molecule has 226 valence electrons. The van der Waals surface area contributed by atoms with Gasteiger partial charge >= 0.3 is 6.03 Å². The fourth-order valence-electron chi connectivity index (χ4n) is 7.57. The molecule has 3 fully saturated rings. The maximum atomic E-state index is 14.1. The second-order valence-corrected chi connectivity index (χ2v) is 14.1. The van der Waals surface area contributed by atoms with Crippen LogP contribution in [0, 0.1) is 23.0 Å². The average molecular weight is 587 g/mol. The monoisotopic (exact) mass is 586 g/mol. The first kappa shape index (κ1) is 29.8. The van der Waals surface area contributed by atoms with Crippen LogP contribution in [0.15, 0.2) is 17.2 Å². The van der Waals surface area contributed by atoms with E-state index in [2.05, 4.69) is 32.8 Å². The highest BCUT2D eigenvalue weighted by Gasteiger charge is 2.43. The lowest BCUT2D eigenvalue weighted by molar-refractivity contribution is -0.526. The number of fused-ring (bicyclic) bond motifs is 1. The minimum Gasteiger partial charge on any atom is -0.388 e. The first-order valence-corrected chi connectivity index (χ1v) is 16.4. The van der Waals surface area contributed by atoms with Gasteiger partial charge in [0.2, 0.25) is 11.9 Å². The first-order valence-electron chi connectivity index (χ1n) is 15.6. The number of amides is 3. The second-order valence-electron chi connectivity index (χ2n) is 13.1. The van der Waals surface area contributed by atoms with Crippen molar-refractivity contribution in [1.29, 1.82) is 0 Å². The van der Waals surface area contributed by atoms with E-state index < -0.39 is 11.6 Å². The molecule has 3 aliphatic carbocycles. The van der Waals surface area contributed by atoms with E-state index in [4.69, 9.17) is 4.98 Å². The Bertz CT molecular complexity index is 1140. The van der Waals surface area contributed by atoms with Crippen molar-refractivity contribution < 1.29 is 14.5 Å². The number of carbonyl (C=O) groups is 2. The van der Waals surface area contributed by atoms with Crippen molar-refractivity contribution in [3.8, 4) is 0 Å². The number of carbonyl (C=O) groups excluding carboxylic acids is 2. The average Bonchev–Trinajstić information content (AvgIpc) is 3.59. The Kier molecular flexibility index (Phi) is 9.21. The van der Waals surface area contributed by atoms with Gasteiger partial charge in [0.25, 0.3) is 0 Å². The summed E-state index contributed by atoms with van der Waals surface area (Å²) in [5, 5.41) is 27.2. The molecule has 4 aliphatic rings. The van der Waals surface area contributed by atoms with Crippen molar-refractivity contribution in [3.63, 3.8) is 0 Å². The molecule has 0 bridgehead atoms. The molecule has 0 saturated heterocycles. The SMILES string of the molecule is Cc1nc(C2(CNC(=O)C(C)(CC3=CNC4CCCCC34)NC(=O)NC3CCC([N+](=O)[O-])CC3)CCCCC2)cs1. The lowest BCUT2D eigenvalue weighted by Gasteiger charge is -2.38. The fourth-order valence-corrected chi connectivity index (χ4v) is 8.31. The largest absolute Gasteiger partial charge is 0.388 e. The molecule has 0 aromatic carbocycles. The van der Waals surface area contributed by atoms with Gasteiger partial charge in [-0.3, -0.25) is 14.9 Å². The molecule has 4 N–H and O–H groups in total. The van der Waals surface area contributed by atoms with Crippen molar-refractivity contribution in [2.45, 2.75) is 133 Å². The molecule has 0 spiro atoms. The van der Waals surface area contributed by atoms with Crippen LogP contribution in [0.25, 0.3) is 0 Å². The van der Waals surface area contributed by atoms with Crippen LogP contribution in [0.5, 0.6) is 0 Å². The quantitative estimate of drug-likeness (QED) is 0.241. The molecule has 3 unspecified atom stereocenters. The van der Waals surface area contributed by atoms with Crippen LogP contribution in [0.1, 0.15) is 108 Å². The van der Waals surface area contributed by atoms with Crippen LogP contribution in [0.3, 0.4) is 0 Å². The van der Waals surface area contributed by atoms with Crippen LogP contribution in [0.4, 0.5) is 4.79 Å². The molecule has 3 saturated carbocycles. The smallest absolute Gasteiger partial charge is 0.315 e. The number of urea groups is 1. The van der Waals surface area contributed by atoms with E-state index in [1.807, 2.05) is 13.8 Å². The Morgan fingerprint density at radius 3 is 2.54 bits per heavy atom. The van der Waals surface area contributed by atoms with Gasteiger partial charge < -0.3 is 21.3 Å². The highest BCUT2D eigenvalue weighted by molar-refractivity contribution is 7.09. The van der Waals surface area contributed by atoms with Gasteiger partial charge in [0, 0.05) is 59.5 Å². The van der Waals surface area contributed by atoms with Crippen molar-refractivity contribution in [1.82, 2.24) is 26.3 Å². The summed E-state index contributed by atoms with van der Waals surface area (Å²) in [5.74, 6) is 0.211. The van der Waals surface area contributed by atoms with Crippen molar-refractivity contribution in [2.24, 2.45) is 5.92 Å². The van der Waals surface area contributed by atoms with E-state index in [0.717, 1.165) is 49.2 Å². The van der Waals surface area contributed by atoms with E-state index in [0.29, 0.717) is 50.6 Å². The van der Waals surface area contributed by atoms with Crippen molar-refractivity contribution in [2.75, 3.05) is 6.54 Å². The minimum absolute atomic E-state index is 0.132. The predicted octanol–water partition coefficient (Wildman–Crippen LogP) is 4.85. The Hall–Kier alpha value is -2.69. The number of hydrogen-bond acceptors (Lipinski definition) is 7. The van der Waals surface area contributed by atoms with Gasteiger partial charge in [-0.25, -0.2) is 9.78 Å². The number of aryl methyl sites for hydroxylation is 1. The Morgan fingerprint density at radius 1 is 1.12 bits per heavy atom. The lowest BCUT2D eigenvalue weighted by atomic mass is 9.72. The topological polar surface area (TPSA) is 138 Å². The van der Waals surface area contributed by atoms with Gasteiger partial charge in [-0.1, -0.05) is 32.1 Å². The van der Waals surface area contributed by atoms with Crippen LogP contribution < -0.4 is 21.3 Å². The first-order chi connectivity index (χ1) is 19.7. The van der Waals surface area contributed by atoms with Gasteiger partial charge in [0.15, 0.2) is 0 Å². The highest BCUT2D eigenvalue weighted by Crippen LogP contribution is 2.40. The van der Waals surface area contributed by atoms with Crippen LogP contribution >= 0.6 is 11.3 Å². The molecule has 11 heteroatoms. The van der Waals surface area contributed by atoms with Crippen molar-refractivity contribution in [3.05, 3.63) is 38.0 Å². The molecular weight excluding hydrogens is 540 g/mol. The highest BCUT2D eigenvalue weighted by atomic mass is 32.1. The van der Waals surface area contributed by atoms with Gasteiger partial charge in [-0.15, -0.1) is 11.3 Å². The Morgan fingerprint density at radius 2 is 1.85 bits per heavy atom. The summed E-state index contributed by atoms with van der Waals surface area (Å²) in [6.45, 7) is 4.36. The molecule has 1 aliphatic heterocycles. The molecule has 10 nitrogen and oxygen atoms in total. The van der Waals surface area contributed by atoms with E-state index in [9.17, 15) is 19.7 Å². The third kappa shape index (κ3) is 6.87. The molecule has 5 rings (SSSR count). The molecule has 3 amide bonds. The zero-order valence-corrected chi connectivity index (χ0v) is 25.3. The minimum atomic E-state index is -1.14. The molecule has 41 heavy (non-hydrogen) atoms. The molecular formula is C30H46N6O4S. The zero-order chi connectivity index (χ0) is 29.0. The summed E-state index contributed by atoms with van der Waals surface area (Å²) in [4.78, 5) is 43.2. The summed E-state index contributed by atoms with van der Waals surface area (Å²) >= 11 is 1.65. The van der Waals surface area contributed by atoms with E-state index >= 15 is 0 Å². The van der Waals surface area contributed by atoms with E-state index in [1.54, 1.807) is 11.3 Å². The van der Waals surface area contributed by atoms with Gasteiger partial charge in [0.05, 0.1) is 10.7 Å². The zero-order valence-electron chi connectivity index (χ0n) is 24.5. The van der Waals surface area contributed by atoms with Gasteiger partial charge in [-0.2, -0.15) is 0 Å². The molecule has 3 atom stereocenters. The third-order valence-corrected chi connectivity index (χ3v) is 10.8. The molecule has 1 aromatic rings. The Balaban J connectivity index is 1.29. The maximum Gasteiger partial charge on any atom is 0.315 e. The summed E-state index contributed by atoms with van der Waals surface area (Å²) in [7, 11) is 0. The van der Waals surface area contributed by atoms with Crippen LogP contribution in [-0.2, 0) is 10.2 Å². The summed E-state index contributed by atoms with van der Waals surface area (Å²) in [6.07, 6.45) is 14.6. The normalized spacial score (nSPS) is 28.8. The fraction of sp³-hybridized carbons (Fsp3) is 0.767. The number of nitro groups is 1. The van der Waals surface area contributed by atoms with Crippen LogP contribution in [0.2, 0.25) is 0 Å².